The second-order valence-corrected chi connectivity index (χ2v) is 13.0. The summed E-state index contributed by atoms with van der Waals surface area (Å²) in [4.78, 5) is 43.5. The zero-order valence-electron chi connectivity index (χ0n) is 24.9. The second kappa shape index (κ2) is 11.4. The smallest absolute Gasteiger partial charge is 0.408 e. The van der Waals surface area contributed by atoms with Crippen LogP contribution in [-0.2, 0) is 16.0 Å². The Kier molecular flexibility index (Phi) is 7.57. The molecule has 3 atom stereocenters. The number of imidazole rings is 1. The molecule has 13 nitrogen and oxygen atoms in total. The van der Waals surface area contributed by atoms with Crippen molar-refractivity contribution in [2.45, 2.75) is 106 Å². The van der Waals surface area contributed by atoms with Gasteiger partial charge in [0.2, 0.25) is 11.8 Å². The lowest BCUT2D eigenvalue weighted by atomic mass is 9.81. The van der Waals surface area contributed by atoms with E-state index in [1.54, 1.807) is 0 Å². The highest BCUT2D eigenvalue weighted by molar-refractivity contribution is 5.94. The lowest BCUT2D eigenvalue weighted by Crippen LogP contribution is -2.55. The average Bonchev–Trinajstić information content (AvgIpc) is 3.89. The SMILES string of the molecule is O=C(N[C@]1(Cc2cnn3cc([C@@H](NC(=O)c4nonc4C4CC4)C4CCC(F)(F)CC4)nc3c2)C[C@@H](C(F)(F)F)NC1=O)OC1CC1. The molecule has 18 heteroatoms. The fourth-order valence-corrected chi connectivity index (χ4v) is 6.40. The molecule has 0 unspecified atom stereocenters. The predicted octanol–water partition coefficient (Wildman–Crippen LogP) is 3.91. The lowest BCUT2D eigenvalue weighted by Gasteiger charge is -2.33. The molecule has 4 fully saturated rings. The van der Waals surface area contributed by atoms with E-state index in [1.165, 1.54) is 23.0 Å². The van der Waals surface area contributed by atoms with Gasteiger partial charge in [0.15, 0.2) is 11.3 Å². The highest BCUT2D eigenvalue weighted by Crippen LogP contribution is 2.43. The number of carbonyl (C=O) groups excluding carboxylic acids is 3. The van der Waals surface area contributed by atoms with E-state index < -0.39 is 60.0 Å². The number of ether oxygens (including phenoxy) is 1. The third-order valence-corrected chi connectivity index (χ3v) is 9.26. The number of nitrogens with zero attached hydrogens (tertiary/aromatic N) is 5. The monoisotopic (exact) mass is 666 g/mol. The molecule has 252 valence electrons. The van der Waals surface area contributed by atoms with Gasteiger partial charge in [-0.2, -0.15) is 18.3 Å². The van der Waals surface area contributed by atoms with Crippen LogP contribution in [0.25, 0.3) is 5.65 Å². The van der Waals surface area contributed by atoms with E-state index in [2.05, 4.69) is 31.0 Å². The summed E-state index contributed by atoms with van der Waals surface area (Å²) >= 11 is 0. The molecule has 1 saturated heterocycles. The molecule has 4 aliphatic rings. The molecule has 3 aromatic rings. The maximum atomic E-state index is 14.1. The van der Waals surface area contributed by atoms with Crippen molar-refractivity contribution in [1.82, 2.24) is 40.9 Å². The number of rotatable bonds is 9. The van der Waals surface area contributed by atoms with E-state index in [0.717, 1.165) is 12.8 Å². The van der Waals surface area contributed by atoms with Gasteiger partial charge in [-0.3, -0.25) is 9.59 Å². The number of carbonyl (C=O) groups is 3. The number of hydrogen-bond donors (Lipinski definition) is 3. The Bertz CT molecular complexity index is 1690. The third kappa shape index (κ3) is 6.58. The number of fused-ring (bicyclic) bond motifs is 1. The van der Waals surface area contributed by atoms with Crippen molar-refractivity contribution in [2.75, 3.05) is 0 Å². The molecule has 3 amide bonds. The van der Waals surface area contributed by atoms with Gasteiger partial charge in [-0.15, -0.1) is 0 Å². The molecule has 3 aromatic heterocycles. The van der Waals surface area contributed by atoms with Crippen LogP contribution in [0.2, 0.25) is 0 Å². The maximum Gasteiger partial charge on any atom is 0.408 e. The normalized spacial score (nSPS) is 25.4. The Morgan fingerprint density at radius 3 is 2.53 bits per heavy atom. The molecule has 1 aliphatic heterocycles. The van der Waals surface area contributed by atoms with Crippen molar-refractivity contribution in [3.63, 3.8) is 0 Å². The van der Waals surface area contributed by atoms with E-state index in [4.69, 9.17) is 9.37 Å². The first-order chi connectivity index (χ1) is 22.3. The van der Waals surface area contributed by atoms with Gasteiger partial charge in [0.1, 0.15) is 23.4 Å². The fourth-order valence-electron chi connectivity index (χ4n) is 6.40. The number of alkyl carbamates (subject to hydrolysis) is 1. The zero-order chi connectivity index (χ0) is 33.1. The summed E-state index contributed by atoms with van der Waals surface area (Å²) in [6, 6.07) is -1.49. The molecule has 3 N–H and O–H groups in total. The minimum atomic E-state index is -4.75. The first-order valence-corrected chi connectivity index (χ1v) is 15.5. The summed E-state index contributed by atoms with van der Waals surface area (Å²) in [7, 11) is 0. The summed E-state index contributed by atoms with van der Waals surface area (Å²) in [6.45, 7) is 0. The van der Waals surface area contributed by atoms with Gasteiger partial charge in [-0.05, 0) is 61.2 Å². The predicted molar refractivity (Wildman–Crippen MR) is 148 cm³/mol. The van der Waals surface area contributed by atoms with E-state index >= 15 is 0 Å². The van der Waals surface area contributed by atoms with E-state index in [0.29, 0.717) is 29.8 Å². The van der Waals surface area contributed by atoms with E-state index in [1.807, 2.05) is 5.32 Å². The van der Waals surface area contributed by atoms with Gasteiger partial charge in [0.25, 0.3) is 5.91 Å². The Hall–Kier alpha value is -4.38. The third-order valence-electron chi connectivity index (χ3n) is 9.26. The largest absolute Gasteiger partial charge is 0.446 e. The molecule has 3 aliphatic carbocycles. The van der Waals surface area contributed by atoms with Crippen molar-refractivity contribution in [3.05, 3.63) is 41.1 Å². The van der Waals surface area contributed by atoms with Gasteiger partial charge < -0.3 is 20.7 Å². The highest BCUT2D eigenvalue weighted by Gasteiger charge is 2.56. The minimum Gasteiger partial charge on any atom is -0.446 e. The van der Waals surface area contributed by atoms with Crippen LogP contribution < -0.4 is 16.0 Å². The standard InChI is InChI=1S/C29H31F5N8O5/c30-28(31)7-5-16(6-8-28)21(38-24(43)23-22(15-1-2-15)40-47-41-23)18-13-42-20(36-18)9-14(12-35-42)10-27(39-26(45)46-17-3-4-17)11-19(29(32,33)34)37-25(27)44/h9,12-13,15-17,19,21H,1-8,10-11H2,(H,37,44)(H,38,43)(H,39,45)/t19-,21-,27+/m0/s1. The fraction of sp³-hybridized carbons (Fsp3) is 0.621. The minimum absolute atomic E-state index is 0.0211. The Balaban J connectivity index is 1.16. The second-order valence-electron chi connectivity index (χ2n) is 13.0. The number of aromatic nitrogens is 5. The molecule has 0 aromatic carbocycles. The zero-order valence-corrected chi connectivity index (χ0v) is 24.9. The topological polar surface area (TPSA) is 166 Å². The summed E-state index contributed by atoms with van der Waals surface area (Å²) in [6.07, 6.45) is -1.91. The van der Waals surface area contributed by atoms with Crippen molar-refractivity contribution in [3.8, 4) is 0 Å². The first kappa shape index (κ1) is 31.2. The number of hydrogen-bond acceptors (Lipinski definition) is 9. The van der Waals surface area contributed by atoms with Crippen LogP contribution in [0.3, 0.4) is 0 Å². The van der Waals surface area contributed by atoms with Crippen LogP contribution in [0.1, 0.15) is 97.2 Å². The van der Waals surface area contributed by atoms with Gasteiger partial charge in [-0.1, -0.05) is 5.16 Å². The highest BCUT2D eigenvalue weighted by atomic mass is 19.4. The molecule has 0 spiro atoms. The summed E-state index contributed by atoms with van der Waals surface area (Å²) in [5.41, 5.74) is -0.686. The van der Waals surface area contributed by atoms with Gasteiger partial charge >= 0.3 is 12.3 Å². The Morgan fingerprint density at radius 1 is 1.13 bits per heavy atom. The Morgan fingerprint density at radius 2 is 1.87 bits per heavy atom. The van der Waals surface area contributed by atoms with Gasteiger partial charge in [-0.25, -0.2) is 27.7 Å². The molecule has 4 heterocycles. The van der Waals surface area contributed by atoms with E-state index in [9.17, 15) is 36.3 Å². The average molecular weight is 667 g/mol. The number of halogens is 5. The van der Waals surface area contributed by atoms with Crippen molar-refractivity contribution in [2.24, 2.45) is 5.92 Å². The van der Waals surface area contributed by atoms with Crippen LogP contribution in [-0.4, -0.2) is 72.6 Å². The van der Waals surface area contributed by atoms with Crippen LogP contribution in [0, 0.1) is 5.92 Å². The quantitative estimate of drug-likeness (QED) is 0.287. The number of amides is 3. The van der Waals surface area contributed by atoms with Crippen LogP contribution in [0.15, 0.2) is 23.1 Å². The first-order valence-electron chi connectivity index (χ1n) is 15.5. The van der Waals surface area contributed by atoms with Gasteiger partial charge in [0.05, 0.1) is 24.1 Å². The van der Waals surface area contributed by atoms with Crippen molar-refractivity contribution in [1.29, 1.82) is 0 Å². The molecule has 47 heavy (non-hydrogen) atoms. The van der Waals surface area contributed by atoms with Crippen LogP contribution in [0.5, 0.6) is 0 Å². The van der Waals surface area contributed by atoms with Crippen molar-refractivity contribution >= 4 is 23.6 Å². The summed E-state index contributed by atoms with van der Waals surface area (Å²) in [5, 5.41) is 19.2. The molecule has 0 bridgehead atoms. The van der Waals surface area contributed by atoms with E-state index in [-0.39, 0.29) is 55.5 Å². The Labute approximate surface area is 263 Å². The molecule has 0 radical (unpaired) electrons. The summed E-state index contributed by atoms with van der Waals surface area (Å²) in [5.74, 6) is -4.76. The summed E-state index contributed by atoms with van der Waals surface area (Å²) < 4.78 is 80.4. The molecule has 7 rings (SSSR count). The maximum absolute atomic E-state index is 14.1. The molecular weight excluding hydrogens is 635 g/mol. The van der Waals surface area contributed by atoms with Gasteiger partial charge in [0, 0.05) is 31.6 Å². The number of alkyl halides is 5. The lowest BCUT2D eigenvalue weighted by molar-refractivity contribution is -0.155. The van der Waals surface area contributed by atoms with Crippen LogP contribution in [0.4, 0.5) is 26.7 Å². The number of nitrogens with one attached hydrogen (secondary N) is 3. The van der Waals surface area contributed by atoms with Crippen LogP contribution >= 0.6 is 0 Å². The molecular formula is C29H31F5N8O5. The molecule has 3 saturated carbocycles. The van der Waals surface area contributed by atoms with Crippen molar-refractivity contribution < 1.29 is 45.7 Å².